The maximum absolute atomic E-state index is 10.3. The van der Waals surface area contributed by atoms with Gasteiger partial charge in [-0.3, -0.25) is 10.1 Å². The molecule has 0 amide bonds. The largest absolute Gasteiger partial charge is 0.480 e. The third kappa shape index (κ3) is 3.91. The topological polar surface area (TPSA) is 61.4 Å². The van der Waals surface area contributed by atoms with E-state index in [1.54, 1.807) is 0 Å². The highest BCUT2D eigenvalue weighted by Gasteiger charge is 2.02. The lowest BCUT2D eigenvalue weighted by Gasteiger charge is -2.15. The fourth-order valence-corrected chi connectivity index (χ4v) is 1.08. The molecule has 0 saturated carbocycles. The summed E-state index contributed by atoms with van der Waals surface area (Å²) >= 11 is 0. The molecule has 0 fully saturated rings. The Morgan fingerprint density at radius 3 is 2.64 bits per heavy atom. The molecule has 0 aliphatic heterocycles. The average Bonchev–Trinajstić information content (AvgIpc) is 2.16. The summed E-state index contributed by atoms with van der Waals surface area (Å²) in [5, 5.41) is 14.4. The third-order valence-electron chi connectivity index (χ3n) is 1.72. The van der Waals surface area contributed by atoms with Crippen LogP contribution in [0.1, 0.15) is 6.92 Å². The molecule has 14 heavy (non-hydrogen) atoms. The summed E-state index contributed by atoms with van der Waals surface area (Å²) in [4.78, 5) is 10.3. The van der Waals surface area contributed by atoms with Gasteiger partial charge in [0.1, 0.15) is 0 Å². The number of rotatable bonds is 5. The van der Waals surface area contributed by atoms with E-state index in [9.17, 15) is 4.79 Å². The van der Waals surface area contributed by atoms with E-state index in [1.165, 1.54) is 0 Å². The summed E-state index contributed by atoms with van der Waals surface area (Å²) in [6, 6.07) is 9.64. The van der Waals surface area contributed by atoms with Gasteiger partial charge in [-0.1, -0.05) is 18.2 Å². The molecule has 1 atom stereocenters. The Hall–Kier alpha value is -1.55. The van der Waals surface area contributed by atoms with Crippen molar-refractivity contribution in [2.75, 3.05) is 11.9 Å². The molecule has 1 aromatic rings. The first kappa shape index (κ1) is 10.5. The zero-order valence-electron chi connectivity index (χ0n) is 8.03. The van der Waals surface area contributed by atoms with Crippen LogP contribution in [0.2, 0.25) is 0 Å². The number of aliphatic carboxylic acids is 1. The van der Waals surface area contributed by atoms with Crippen molar-refractivity contribution in [2.45, 2.75) is 13.1 Å². The van der Waals surface area contributed by atoms with E-state index >= 15 is 0 Å². The van der Waals surface area contributed by atoms with Gasteiger partial charge in [0.2, 0.25) is 0 Å². The standard InChI is InChI=1S/C10H14N2O2/c1-8(11-7-10(13)14)12-9-5-3-2-4-6-9/h2-6,8,11-12H,7H2,1H3,(H,13,14). The number of hydrogen-bond acceptors (Lipinski definition) is 3. The number of benzene rings is 1. The van der Waals surface area contributed by atoms with Crippen LogP contribution in [0.5, 0.6) is 0 Å². The number of carboxylic acid groups (broad SMARTS) is 1. The Labute approximate surface area is 82.9 Å². The van der Waals surface area contributed by atoms with Crippen LogP contribution in [0.25, 0.3) is 0 Å². The van der Waals surface area contributed by atoms with Crippen molar-refractivity contribution >= 4 is 11.7 Å². The van der Waals surface area contributed by atoms with Gasteiger partial charge in [0.15, 0.2) is 0 Å². The minimum Gasteiger partial charge on any atom is -0.480 e. The first-order chi connectivity index (χ1) is 6.68. The van der Waals surface area contributed by atoms with Crippen LogP contribution < -0.4 is 10.6 Å². The zero-order chi connectivity index (χ0) is 10.4. The maximum Gasteiger partial charge on any atom is 0.317 e. The molecule has 0 aromatic heterocycles. The normalized spacial score (nSPS) is 12.1. The van der Waals surface area contributed by atoms with Gasteiger partial charge in [0.25, 0.3) is 0 Å². The lowest BCUT2D eigenvalue weighted by molar-refractivity contribution is -0.136. The van der Waals surface area contributed by atoms with Crippen molar-refractivity contribution < 1.29 is 9.90 Å². The predicted molar refractivity (Wildman–Crippen MR) is 55.2 cm³/mol. The fourth-order valence-electron chi connectivity index (χ4n) is 1.08. The summed E-state index contributed by atoms with van der Waals surface area (Å²) in [6.45, 7) is 1.83. The van der Waals surface area contributed by atoms with Gasteiger partial charge in [-0.05, 0) is 19.1 Å². The molecule has 76 valence electrons. The predicted octanol–water partition coefficient (Wildman–Crippen LogP) is 1.12. The van der Waals surface area contributed by atoms with Crippen LogP contribution in [-0.4, -0.2) is 23.8 Å². The van der Waals surface area contributed by atoms with E-state index in [0.717, 1.165) is 5.69 Å². The molecule has 0 aliphatic carbocycles. The van der Waals surface area contributed by atoms with E-state index in [4.69, 9.17) is 5.11 Å². The number of para-hydroxylation sites is 1. The third-order valence-corrected chi connectivity index (χ3v) is 1.72. The van der Waals surface area contributed by atoms with Crippen molar-refractivity contribution in [3.8, 4) is 0 Å². The molecule has 0 heterocycles. The lowest BCUT2D eigenvalue weighted by atomic mass is 10.3. The van der Waals surface area contributed by atoms with E-state index in [-0.39, 0.29) is 12.7 Å². The molecule has 1 rings (SSSR count). The van der Waals surface area contributed by atoms with Crippen LogP contribution in [0.4, 0.5) is 5.69 Å². The van der Waals surface area contributed by atoms with Crippen molar-refractivity contribution in [3.63, 3.8) is 0 Å². The summed E-state index contributed by atoms with van der Waals surface area (Å²) in [6.07, 6.45) is -0.0616. The zero-order valence-corrected chi connectivity index (χ0v) is 8.03. The first-order valence-corrected chi connectivity index (χ1v) is 4.45. The smallest absolute Gasteiger partial charge is 0.317 e. The highest BCUT2D eigenvalue weighted by molar-refractivity contribution is 5.69. The second-order valence-corrected chi connectivity index (χ2v) is 3.01. The van der Waals surface area contributed by atoms with Crippen LogP contribution in [0, 0.1) is 0 Å². The minimum absolute atomic E-state index is 0.0407. The van der Waals surface area contributed by atoms with Gasteiger partial charge in [0, 0.05) is 5.69 Å². The van der Waals surface area contributed by atoms with Crippen LogP contribution in [0.3, 0.4) is 0 Å². The molecule has 0 saturated heterocycles. The Balaban J connectivity index is 2.34. The molecule has 0 spiro atoms. The summed E-state index contributed by atoms with van der Waals surface area (Å²) in [7, 11) is 0. The molecular weight excluding hydrogens is 180 g/mol. The highest BCUT2D eigenvalue weighted by atomic mass is 16.4. The molecule has 3 N–H and O–H groups in total. The van der Waals surface area contributed by atoms with Crippen molar-refractivity contribution in [1.29, 1.82) is 0 Å². The number of hydrogen-bond donors (Lipinski definition) is 3. The Kier molecular flexibility index (Phi) is 3.94. The number of carboxylic acids is 1. The SMILES string of the molecule is CC(NCC(=O)O)Nc1ccccc1. The van der Waals surface area contributed by atoms with E-state index in [2.05, 4.69) is 10.6 Å². The molecule has 0 radical (unpaired) electrons. The first-order valence-electron chi connectivity index (χ1n) is 4.45. The molecule has 4 nitrogen and oxygen atoms in total. The highest BCUT2D eigenvalue weighted by Crippen LogP contribution is 2.05. The Morgan fingerprint density at radius 1 is 1.43 bits per heavy atom. The van der Waals surface area contributed by atoms with Gasteiger partial charge < -0.3 is 10.4 Å². The molecule has 0 aliphatic rings. The fraction of sp³-hybridized carbons (Fsp3) is 0.300. The van der Waals surface area contributed by atoms with Crippen LogP contribution in [-0.2, 0) is 4.79 Å². The Morgan fingerprint density at radius 2 is 2.07 bits per heavy atom. The van der Waals surface area contributed by atoms with E-state index in [1.807, 2.05) is 37.3 Å². The second kappa shape index (κ2) is 5.24. The number of carbonyl (C=O) groups is 1. The second-order valence-electron chi connectivity index (χ2n) is 3.01. The van der Waals surface area contributed by atoms with E-state index < -0.39 is 5.97 Å². The van der Waals surface area contributed by atoms with Crippen LogP contribution in [0.15, 0.2) is 30.3 Å². The molecule has 0 bridgehead atoms. The minimum atomic E-state index is -0.855. The van der Waals surface area contributed by atoms with Gasteiger partial charge >= 0.3 is 5.97 Å². The van der Waals surface area contributed by atoms with E-state index in [0.29, 0.717) is 0 Å². The lowest BCUT2D eigenvalue weighted by Crippen LogP contribution is -2.36. The van der Waals surface area contributed by atoms with Crippen molar-refractivity contribution in [1.82, 2.24) is 5.32 Å². The average molecular weight is 194 g/mol. The van der Waals surface area contributed by atoms with Crippen LogP contribution >= 0.6 is 0 Å². The quantitative estimate of drug-likeness (QED) is 0.615. The summed E-state index contributed by atoms with van der Waals surface area (Å²) < 4.78 is 0. The number of anilines is 1. The van der Waals surface area contributed by atoms with Crippen molar-refractivity contribution in [3.05, 3.63) is 30.3 Å². The molecule has 4 heteroatoms. The summed E-state index contributed by atoms with van der Waals surface area (Å²) in [5.41, 5.74) is 0.970. The monoisotopic (exact) mass is 194 g/mol. The van der Waals surface area contributed by atoms with Gasteiger partial charge in [-0.25, -0.2) is 0 Å². The van der Waals surface area contributed by atoms with Gasteiger partial charge in [-0.15, -0.1) is 0 Å². The van der Waals surface area contributed by atoms with Gasteiger partial charge in [-0.2, -0.15) is 0 Å². The summed E-state index contributed by atoms with van der Waals surface area (Å²) in [5.74, 6) is -0.855. The maximum atomic E-state index is 10.3. The van der Waals surface area contributed by atoms with Gasteiger partial charge in [0.05, 0.1) is 12.7 Å². The molecule has 1 unspecified atom stereocenters. The molecular formula is C10H14N2O2. The van der Waals surface area contributed by atoms with Crippen molar-refractivity contribution in [2.24, 2.45) is 0 Å². The number of nitrogens with one attached hydrogen (secondary N) is 2. The molecule has 1 aromatic carbocycles. The Bertz CT molecular complexity index is 287.